The highest BCUT2D eigenvalue weighted by atomic mass is 19.1. The molecule has 0 saturated heterocycles. The van der Waals surface area contributed by atoms with Crippen LogP contribution in [0.4, 0.5) is 4.39 Å². The van der Waals surface area contributed by atoms with Gasteiger partial charge < -0.3 is 10.6 Å². The lowest BCUT2D eigenvalue weighted by molar-refractivity contribution is 0.0780. The molecule has 2 aromatic rings. The molecule has 1 amide bonds. The van der Waals surface area contributed by atoms with Crippen LogP contribution in [0.5, 0.6) is 0 Å². The monoisotopic (exact) mass is 272 g/mol. The van der Waals surface area contributed by atoms with Crippen LogP contribution in [0.15, 0.2) is 48.5 Å². The van der Waals surface area contributed by atoms with Gasteiger partial charge in [0.05, 0.1) is 5.56 Å². The van der Waals surface area contributed by atoms with E-state index in [2.05, 4.69) is 0 Å². The number of carbonyl (C=O) groups is 1. The fraction of sp³-hybridized carbons (Fsp3) is 0.188. The molecule has 0 unspecified atom stereocenters. The van der Waals surface area contributed by atoms with Crippen molar-refractivity contribution in [2.45, 2.75) is 13.1 Å². The van der Waals surface area contributed by atoms with Gasteiger partial charge >= 0.3 is 0 Å². The van der Waals surface area contributed by atoms with Crippen molar-refractivity contribution >= 4 is 5.91 Å². The Kier molecular flexibility index (Phi) is 4.48. The Morgan fingerprint density at radius 1 is 1.10 bits per heavy atom. The largest absolute Gasteiger partial charge is 0.337 e. The second kappa shape index (κ2) is 6.30. The molecule has 0 atom stereocenters. The van der Waals surface area contributed by atoms with Crippen molar-refractivity contribution in [2.24, 2.45) is 5.73 Å². The number of hydrogen-bond acceptors (Lipinski definition) is 2. The molecule has 0 aromatic heterocycles. The highest BCUT2D eigenvalue weighted by Crippen LogP contribution is 2.14. The molecule has 4 heteroatoms. The van der Waals surface area contributed by atoms with Gasteiger partial charge in [0, 0.05) is 20.1 Å². The SMILES string of the molecule is CN(Cc1ccccc1CN)C(=O)c1ccccc1F. The van der Waals surface area contributed by atoms with E-state index in [0.29, 0.717) is 13.1 Å². The van der Waals surface area contributed by atoms with E-state index in [9.17, 15) is 9.18 Å². The third-order valence-corrected chi connectivity index (χ3v) is 3.20. The molecule has 0 fully saturated rings. The van der Waals surface area contributed by atoms with E-state index >= 15 is 0 Å². The van der Waals surface area contributed by atoms with E-state index in [4.69, 9.17) is 5.73 Å². The molecule has 20 heavy (non-hydrogen) atoms. The average molecular weight is 272 g/mol. The minimum absolute atomic E-state index is 0.0835. The second-order valence-electron chi connectivity index (χ2n) is 4.61. The summed E-state index contributed by atoms with van der Waals surface area (Å²) < 4.78 is 13.6. The fourth-order valence-electron chi connectivity index (χ4n) is 2.08. The number of amides is 1. The van der Waals surface area contributed by atoms with E-state index < -0.39 is 5.82 Å². The predicted octanol–water partition coefficient (Wildman–Crippen LogP) is 2.56. The van der Waals surface area contributed by atoms with Crippen LogP contribution in [-0.2, 0) is 13.1 Å². The highest BCUT2D eigenvalue weighted by Gasteiger charge is 2.16. The molecule has 0 spiro atoms. The van der Waals surface area contributed by atoms with Gasteiger partial charge in [-0.15, -0.1) is 0 Å². The number of carbonyl (C=O) groups excluding carboxylic acids is 1. The van der Waals surface area contributed by atoms with Crippen molar-refractivity contribution in [3.05, 3.63) is 71.0 Å². The van der Waals surface area contributed by atoms with Gasteiger partial charge in [0.2, 0.25) is 0 Å². The summed E-state index contributed by atoms with van der Waals surface area (Å²) in [5, 5.41) is 0. The van der Waals surface area contributed by atoms with Crippen molar-refractivity contribution in [1.29, 1.82) is 0 Å². The summed E-state index contributed by atoms with van der Waals surface area (Å²) in [6, 6.07) is 13.6. The molecule has 0 heterocycles. The normalized spacial score (nSPS) is 10.3. The first-order chi connectivity index (χ1) is 9.63. The van der Waals surface area contributed by atoms with Crippen molar-refractivity contribution < 1.29 is 9.18 Å². The Morgan fingerprint density at radius 2 is 1.70 bits per heavy atom. The fourth-order valence-corrected chi connectivity index (χ4v) is 2.08. The Hall–Kier alpha value is -2.20. The van der Waals surface area contributed by atoms with Crippen LogP contribution in [0.2, 0.25) is 0 Å². The Bertz CT molecular complexity index is 613. The number of benzene rings is 2. The van der Waals surface area contributed by atoms with E-state index in [1.54, 1.807) is 19.2 Å². The van der Waals surface area contributed by atoms with Crippen LogP contribution in [0, 0.1) is 5.82 Å². The molecular weight excluding hydrogens is 255 g/mol. The standard InChI is InChI=1S/C16H17FN2O/c1-19(11-13-7-3-2-6-12(13)10-18)16(20)14-8-4-5-9-15(14)17/h2-9H,10-11,18H2,1H3. The lowest BCUT2D eigenvalue weighted by Gasteiger charge is -2.19. The summed E-state index contributed by atoms with van der Waals surface area (Å²) in [5.74, 6) is -0.841. The third kappa shape index (κ3) is 3.03. The van der Waals surface area contributed by atoms with Gasteiger partial charge in [0.25, 0.3) is 5.91 Å². The van der Waals surface area contributed by atoms with Gasteiger partial charge in [0.1, 0.15) is 5.82 Å². The van der Waals surface area contributed by atoms with Gasteiger partial charge in [-0.2, -0.15) is 0 Å². The zero-order valence-electron chi connectivity index (χ0n) is 11.3. The van der Waals surface area contributed by atoms with Gasteiger partial charge in [-0.25, -0.2) is 4.39 Å². The predicted molar refractivity (Wildman–Crippen MR) is 76.5 cm³/mol. The van der Waals surface area contributed by atoms with Crippen molar-refractivity contribution in [3.8, 4) is 0 Å². The van der Waals surface area contributed by atoms with E-state index in [1.807, 2.05) is 24.3 Å². The maximum atomic E-state index is 13.6. The molecule has 2 N–H and O–H groups in total. The summed E-state index contributed by atoms with van der Waals surface area (Å²) >= 11 is 0. The lowest BCUT2D eigenvalue weighted by Crippen LogP contribution is -2.27. The molecule has 0 aliphatic rings. The first kappa shape index (κ1) is 14.2. The highest BCUT2D eigenvalue weighted by molar-refractivity contribution is 5.94. The first-order valence-electron chi connectivity index (χ1n) is 6.40. The number of halogens is 1. The summed E-state index contributed by atoms with van der Waals surface area (Å²) in [5.41, 5.74) is 7.72. The first-order valence-corrected chi connectivity index (χ1v) is 6.40. The van der Waals surface area contributed by atoms with Crippen molar-refractivity contribution in [3.63, 3.8) is 0 Å². The van der Waals surface area contributed by atoms with Crippen LogP contribution in [0.3, 0.4) is 0 Å². The molecule has 104 valence electrons. The topological polar surface area (TPSA) is 46.3 Å². The molecule has 3 nitrogen and oxygen atoms in total. The average Bonchev–Trinajstić information content (AvgIpc) is 2.47. The van der Waals surface area contributed by atoms with Crippen LogP contribution in [-0.4, -0.2) is 17.9 Å². The molecule has 2 rings (SSSR count). The number of nitrogens with two attached hydrogens (primary N) is 1. The third-order valence-electron chi connectivity index (χ3n) is 3.20. The number of rotatable bonds is 4. The molecular formula is C16H17FN2O. The zero-order valence-corrected chi connectivity index (χ0v) is 11.3. The molecule has 2 aromatic carbocycles. The maximum Gasteiger partial charge on any atom is 0.256 e. The van der Waals surface area contributed by atoms with Gasteiger partial charge in [-0.3, -0.25) is 4.79 Å². The second-order valence-corrected chi connectivity index (χ2v) is 4.61. The molecule has 0 bridgehead atoms. The number of hydrogen-bond donors (Lipinski definition) is 1. The van der Waals surface area contributed by atoms with Crippen LogP contribution in [0.1, 0.15) is 21.5 Å². The minimum Gasteiger partial charge on any atom is -0.337 e. The van der Waals surface area contributed by atoms with E-state index in [-0.39, 0.29) is 11.5 Å². The van der Waals surface area contributed by atoms with Gasteiger partial charge in [-0.05, 0) is 23.3 Å². The molecule has 0 aliphatic heterocycles. The Labute approximate surface area is 117 Å². The zero-order chi connectivity index (χ0) is 14.5. The Morgan fingerprint density at radius 3 is 2.35 bits per heavy atom. The maximum absolute atomic E-state index is 13.6. The Balaban J connectivity index is 2.18. The van der Waals surface area contributed by atoms with Crippen molar-refractivity contribution in [1.82, 2.24) is 4.90 Å². The van der Waals surface area contributed by atoms with Crippen molar-refractivity contribution in [2.75, 3.05) is 7.05 Å². The van der Waals surface area contributed by atoms with Crippen LogP contribution in [0.25, 0.3) is 0 Å². The molecule has 0 saturated carbocycles. The summed E-state index contributed by atoms with van der Waals surface area (Å²) in [4.78, 5) is 13.7. The van der Waals surface area contributed by atoms with Gasteiger partial charge in [-0.1, -0.05) is 36.4 Å². The smallest absolute Gasteiger partial charge is 0.256 e. The molecule has 0 aliphatic carbocycles. The number of nitrogens with zero attached hydrogens (tertiary/aromatic N) is 1. The van der Waals surface area contributed by atoms with E-state index in [0.717, 1.165) is 11.1 Å². The summed E-state index contributed by atoms with van der Waals surface area (Å²) in [6.45, 7) is 0.818. The summed E-state index contributed by atoms with van der Waals surface area (Å²) in [6.07, 6.45) is 0. The summed E-state index contributed by atoms with van der Waals surface area (Å²) in [7, 11) is 1.65. The van der Waals surface area contributed by atoms with Crippen LogP contribution >= 0.6 is 0 Å². The van der Waals surface area contributed by atoms with Gasteiger partial charge in [0.15, 0.2) is 0 Å². The quantitative estimate of drug-likeness (QED) is 0.929. The lowest BCUT2D eigenvalue weighted by atomic mass is 10.1. The van der Waals surface area contributed by atoms with E-state index in [1.165, 1.54) is 17.0 Å². The molecule has 0 radical (unpaired) electrons. The van der Waals surface area contributed by atoms with Crippen LogP contribution < -0.4 is 5.73 Å². The minimum atomic E-state index is -0.503.